The first-order valence-electron chi connectivity index (χ1n) is 18.4. The van der Waals surface area contributed by atoms with Gasteiger partial charge >= 0.3 is 6.09 Å². The van der Waals surface area contributed by atoms with Crippen molar-refractivity contribution in [2.75, 3.05) is 20.3 Å². The SMILES string of the molecule is COc1cnc(O[C@@H]2C[C@H]3C(=O)N[C@]4(C(=O)NS(=O)(=O)C5(C)CC5)C[C@H]4/C=C\CO[C@@H](C)C[C@@H](C)[C@H](NC(=O)OC(C)(C)C)C(=O)N3C2)c2ccccc12. The Labute approximate surface area is 315 Å². The summed E-state index contributed by atoms with van der Waals surface area (Å²) < 4.78 is 51.0. The molecule has 0 bridgehead atoms. The van der Waals surface area contributed by atoms with Gasteiger partial charge in [0.1, 0.15) is 35.1 Å². The first kappa shape index (κ1) is 39.3. The van der Waals surface area contributed by atoms with E-state index in [2.05, 4.69) is 20.3 Å². The molecule has 1 aromatic carbocycles. The molecule has 2 aliphatic carbocycles. The largest absolute Gasteiger partial charge is 0.494 e. The molecule has 15 nitrogen and oxygen atoms in total. The van der Waals surface area contributed by atoms with E-state index in [4.69, 9.17) is 18.9 Å². The number of pyridine rings is 1. The molecule has 2 aliphatic heterocycles. The normalized spacial score (nSPS) is 30.4. The summed E-state index contributed by atoms with van der Waals surface area (Å²) in [5.74, 6) is -2.23. The van der Waals surface area contributed by atoms with Crippen LogP contribution in [-0.4, -0.2) is 103 Å². The van der Waals surface area contributed by atoms with E-state index >= 15 is 0 Å². The Bertz CT molecular complexity index is 1940. The third-order valence-corrected chi connectivity index (χ3v) is 12.9. The van der Waals surface area contributed by atoms with Crippen molar-refractivity contribution in [1.29, 1.82) is 0 Å². The standard InChI is InChI=1S/C38H51N5O10S/c1-22-17-23(2)51-16-10-11-24-19-38(24,34(46)42-54(48,49)37(6)14-15-37)41-31(44)28-18-25(21-43(28)33(45)30(22)40-35(47)53-36(3,4)5)52-32-27-13-9-8-12-26(27)29(50-7)20-39-32/h8-13,20,22-25,28,30H,14-19,21H2,1-7H3,(H,40,47)(H,41,44)(H,42,46)/b11-10-/t22-,23+,24-,25-,28+,30+,38-/m1/s1. The summed E-state index contributed by atoms with van der Waals surface area (Å²) in [7, 11) is -2.48. The number of nitrogens with one attached hydrogen (secondary N) is 3. The molecule has 1 saturated heterocycles. The fourth-order valence-electron chi connectivity index (χ4n) is 7.22. The molecule has 0 radical (unpaired) electrons. The number of hydrogen-bond acceptors (Lipinski definition) is 11. The number of aromatic nitrogens is 1. The van der Waals surface area contributed by atoms with Crippen LogP contribution < -0.4 is 24.8 Å². The molecule has 54 heavy (non-hydrogen) atoms. The van der Waals surface area contributed by atoms with Crippen LogP contribution in [0.25, 0.3) is 10.8 Å². The van der Waals surface area contributed by atoms with Crippen LogP contribution in [0, 0.1) is 11.8 Å². The van der Waals surface area contributed by atoms with Crippen LogP contribution >= 0.6 is 0 Å². The van der Waals surface area contributed by atoms with Crippen molar-refractivity contribution < 1.29 is 46.5 Å². The maximum absolute atomic E-state index is 14.7. The quantitative estimate of drug-likeness (QED) is 0.350. The van der Waals surface area contributed by atoms with Crippen molar-refractivity contribution in [3.05, 3.63) is 42.6 Å². The van der Waals surface area contributed by atoms with Crippen LogP contribution in [0.15, 0.2) is 42.6 Å². The van der Waals surface area contributed by atoms with Crippen LogP contribution in [0.3, 0.4) is 0 Å². The van der Waals surface area contributed by atoms with Gasteiger partial charge in [0.15, 0.2) is 0 Å². The number of sulfonamides is 1. The van der Waals surface area contributed by atoms with Crippen molar-refractivity contribution in [1.82, 2.24) is 25.2 Å². The van der Waals surface area contributed by atoms with Gasteiger partial charge in [0, 0.05) is 23.1 Å². The van der Waals surface area contributed by atoms with Crippen molar-refractivity contribution in [2.24, 2.45) is 11.8 Å². The minimum absolute atomic E-state index is 0.0151. The molecule has 6 rings (SSSR count). The minimum atomic E-state index is -4.02. The zero-order chi connectivity index (χ0) is 39.2. The van der Waals surface area contributed by atoms with Gasteiger partial charge in [0.2, 0.25) is 27.7 Å². The molecule has 4 amide bonds. The molecule has 1 aromatic heterocycles. The molecule has 3 heterocycles. The number of rotatable bonds is 7. The number of nitrogens with zero attached hydrogens (tertiary/aromatic N) is 2. The van der Waals surface area contributed by atoms with E-state index in [1.807, 2.05) is 38.1 Å². The van der Waals surface area contributed by atoms with E-state index in [0.29, 0.717) is 30.4 Å². The summed E-state index contributed by atoms with van der Waals surface area (Å²) in [5, 5.41) is 7.03. The number of methoxy groups -OCH3 is 1. The van der Waals surface area contributed by atoms with Gasteiger partial charge < -0.3 is 34.5 Å². The number of benzene rings is 1. The fourth-order valence-corrected chi connectivity index (χ4v) is 8.54. The van der Waals surface area contributed by atoms with E-state index in [-0.39, 0.29) is 38.0 Å². The van der Waals surface area contributed by atoms with E-state index in [9.17, 15) is 27.6 Å². The van der Waals surface area contributed by atoms with Gasteiger partial charge in [-0.3, -0.25) is 19.1 Å². The van der Waals surface area contributed by atoms with Crippen LogP contribution in [-0.2, 0) is 33.9 Å². The van der Waals surface area contributed by atoms with Gasteiger partial charge in [0.25, 0.3) is 5.91 Å². The maximum atomic E-state index is 14.7. The highest BCUT2D eigenvalue weighted by atomic mass is 32.2. The van der Waals surface area contributed by atoms with Gasteiger partial charge in [0.05, 0.1) is 37.3 Å². The first-order chi connectivity index (χ1) is 25.4. The number of carbonyl (C=O) groups excluding carboxylic acids is 4. The highest BCUT2D eigenvalue weighted by Gasteiger charge is 2.63. The molecule has 2 saturated carbocycles. The molecular weight excluding hydrogens is 719 g/mol. The lowest BCUT2D eigenvalue weighted by molar-refractivity contribution is -0.142. The van der Waals surface area contributed by atoms with Gasteiger partial charge in [-0.2, -0.15) is 0 Å². The summed E-state index contributed by atoms with van der Waals surface area (Å²) in [6.07, 6.45) is 4.52. The Kier molecular flexibility index (Phi) is 10.7. The smallest absolute Gasteiger partial charge is 0.408 e. The lowest BCUT2D eigenvalue weighted by atomic mass is 9.94. The molecule has 2 aromatic rings. The molecular formula is C38H51N5O10S. The Morgan fingerprint density at radius 2 is 1.80 bits per heavy atom. The average Bonchev–Trinajstić information content (AvgIpc) is 3.98. The summed E-state index contributed by atoms with van der Waals surface area (Å²) in [6.45, 7) is 10.5. The Morgan fingerprint density at radius 1 is 1.09 bits per heavy atom. The monoisotopic (exact) mass is 769 g/mol. The van der Waals surface area contributed by atoms with E-state index in [0.717, 1.165) is 5.39 Å². The van der Waals surface area contributed by atoms with Gasteiger partial charge in [-0.25, -0.2) is 18.2 Å². The Hall–Kier alpha value is -4.44. The third-order valence-electron chi connectivity index (χ3n) is 10.7. The Balaban J connectivity index is 1.35. The van der Waals surface area contributed by atoms with E-state index < -0.39 is 79.7 Å². The first-order valence-corrected chi connectivity index (χ1v) is 19.9. The molecule has 7 atom stereocenters. The van der Waals surface area contributed by atoms with Gasteiger partial charge in [-0.1, -0.05) is 37.3 Å². The Morgan fingerprint density at radius 3 is 2.46 bits per heavy atom. The maximum Gasteiger partial charge on any atom is 0.408 e. The van der Waals surface area contributed by atoms with Crippen LogP contribution in [0.1, 0.15) is 73.6 Å². The fraction of sp³-hybridized carbons (Fsp3) is 0.605. The second kappa shape index (κ2) is 14.7. The zero-order valence-corrected chi connectivity index (χ0v) is 32.7. The van der Waals surface area contributed by atoms with Crippen molar-refractivity contribution in [3.8, 4) is 11.6 Å². The second-order valence-corrected chi connectivity index (χ2v) is 18.4. The van der Waals surface area contributed by atoms with Crippen LogP contribution in [0.5, 0.6) is 11.6 Å². The van der Waals surface area contributed by atoms with E-state index in [1.54, 1.807) is 47.0 Å². The lowest BCUT2D eigenvalue weighted by Crippen LogP contribution is -2.59. The molecule has 16 heteroatoms. The molecule has 4 aliphatic rings. The highest BCUT2D eigenvalue weighted by Crippen LogP contribution is 2.47. The highest BCUT2D eigenvalue weighted by molar-refractivity contribution is 7.91. The number of ether oxygens (including phenoxy) is 4. The topological polar surface area (TPSA) is 192 Å². The molecule has 294 valence electrons. The summed E-state index contributed by atoms with van der Waals surface area (Å²) >= 11 is 0. The predicted molar refractivity (Wildman–Crippen MR) is 198 cm³/mol. The summed E-state index contributed by atoms with van der Waals surface area (Å²) in [6, 6.07) is 5.10. The lowest BCUT2D eigenvalue weighted by Gasteiger charge is -2.33. The number of amides is 4. The van der Waals surface area contributed by atoms with E-state index in [1.165, 1.54) is 11.1 Å². The second-order valence-electron chi connectivity index (χ2n) is 16.2. The summed E-state index contributed by atoms with van der Waals surface area (Å²) in [4.78, 5) is 62.0. The predicted octanol–water partition coefficient (Wildman–Crippen LogP) is 3.36. The van der Waals surface area contributed by atoms with Crippen molar-refractivity contribution >= 4 is 44.6 Å². The third kappa shape index (κ3) is 8.14. The number of carbonyl (C=O) groups is 4. The van der Waals surface area contributed by atoms with Crippen LogP contribution in [0.2, 0.25) is 0 Å². The number of hydrogen-bond donors (Lipinski definition) is 3. The number of fused-ring (bicyclic) bond motifs is 3. The van der Waals surface area contributed by atoms with Crippen molar-refractivity contribution in [3.63, 3.8) is 0 Å². The molecule has 3 fully saturated rings. The molecule has 0 spiro atoms. The van der Waals surface area contributed by atoms with Crippen molar-refractivity contribution in [2.45, 2.75) is 114 Å². The number of alkyl carbamates (subject to hydrolysis) is 1. The van der Waals surface area contributed by atoms with Gasteiger partial charge in [-0.15, -0.1) is 0 Å². The average molecular weight is 770 g/mol. The zero-order valence-electron chi connectivity index (χ0n) is 31.8. The summed E-state index contributed by atoms with van der Waals surface area (Å²) in [5.41, 5.74) is -2.43. The minimum Gasteiger partial charge on any atom is -0.494 e. The van der Waals surface area contributed by atoms with Gasteiger partial charge in [-0.05, 0) is 72.3 Å². The van der Waals surface area contributed by atoms with Crippen LogP contribution in [0.4, 0.5) is 4.79 Å². The molecule has 0 unspecified atom stereocenters. The molecule has 3 N–H and O–H groups in total.